The molecule has 1 unspecified atom stereocenters. The number of rotatable bonds is 5. The lowest BCUT2D eigenvalue weighted by Gasteiger charge is -2.32. The number of pyridine rings is 1. The van der Waals surface area contributed by atoms with Crippen molar-refractivity contribution in [3.63, 3.8) is 0 Å². The topological polar surface area (TPSA) is 101 Å². The first kappa shape index (κ1) is 22.9. The molecule has 8 heteroatoms. The van der Waals surface area contributed by atoms with E-state index in [2.05, 4.69) is 15.6 Å². The summed E-state index contributed by atoms with van der Waals surface area (Å²) in [6.07, 6.45) is 4.99. The van der Waals surface area contributed by atoms with Gasteiger partial charge in [-0.25, -0.2) is 0 Å². The van der Waals surface area contributed by atoms with Gasteiger partial charge in [0.05, 0.1) is 0 Å². The molecule has 1 aliphatic carbocycles. The third kappa shape index (κ3) is 5.00. The SMILES string of the molecule is O=C(N[C@@H]1CCCCC1NC(=O)c1cc2cc(Cl)ccc2[nH]1)c1ccc(-c2cccc[n+]2[O-])cc1. The first-order chi connectivity index (χ1) is 17.0. The van der Waals surface area contributed by atoms with Crippen LogP contribution in [0.1, 0.15) is 46.5 Å². The molecule has 2 atom stereocenters. The van der Waals surface area contributed by atoms with Gasteiger partial charge < -0.3 is 20.8 Å². The minimum absolute atomic E-state index is 0.168. The van der Waals surface area contributed by atoms with E-state index in [1.165, 1.54) is 6.20 Å². The molecule has 1 saturated carbocycles. The summed E-state index contributed by atoms with van der Waals surface area (Å²) in [5.41, 5.74) is 3.07. The molecule has 1 fully saturated rings. The largest absolute Gasteiger partial charge is 0.618 e. The quantitative estimate of drug-likeness (QED) is 0.283. The van der Waals surface area contributed by atoms with Crippen molar-refractivity contribution in [1.29, 1.82) is 0 Å². The van der Waals surface area contributed by atoms with Crippen molar-refractivity contribution in [3.05, 3.63) is 94.4 Å². The molecule has 2 aromatic heterocycles. The second-order valence-corrected chi connectivity index (χ2v) is 9.28. The highest BCUT2D eigenvalue weighted by Crippen LogP contribution is 2.23. The van der Waals surface area contributed by atoms with E-state index in [-0.39, 0.29) is 23.9 Å². The third-order valence-corrected chi connectivity index (χ3v) is 6.73. The number of benzene rings is 2. The van der Waals surface area contributed by atoms with Gasteiger partial charge in [-0.05, 0) is 67.4 Å². The standard InChI is InChI=1S/C27H25ClN4O3/c28-20-12-13-21-19(15-20)16-24(29-21)27(34)31-23-6-2-1-5-22(23)30-26(33)18-10-8-17(9-11-18)25-7-3-4-14-32(25)35/h3-4,7-16,22-23,29H,1-2,5-6H2,(H,30,33)(H,31,34)/t22-,23?/m1/s1. The zero-order valence-corrected chi connectivity index (χ0v) is 19.7. The molecule has 0 aliphatic heterocycles. The summed E-state index contributed by atoms with van der Waals surface area (Å²) in [6, 6.07) is 19.0. The molecule has 2 amide bonds. The lowest BCUT2D eigenvalue weighted by atomic mass is 9.90. The number of nitrogens with zero attached hydrogens (tertiary/aromatic N) is 1. The Labute approximate surface area is 207 Å². The van der Waals surface area contributed by atoms with Crippen LogP contribution in [0.25, 0.3) is 22.2 Å². The number of hydrogen-bond acceptors (Lipinski definition) is 3. The fraction of sp³-hybridized carbons (Fsp3) is 0.222. The molecular formula is C27H25ClN4O3. The normalized spacial score (nSPS) is 17.7. The summed E-state index contributed by atoms with van der Waals surface area (Å²) in [5.74, 6) is -0.410. The average molecular weight is 489 g/mol. The van der Waals surface area contributed by atoms with Crippen molar-refractivity contribution in [2.24, 2.45) is 0 Å². The van der Waals surface area contributed by atoms with Crippen molar-refractivity contribution in [1.82, 2.24) is 15.6 Å². The molecule has 0 saturated heterocycles. The molecule has 178 valence electrons. The van der Waals surface area contributed by atoms with Crippen LogP contribution in [0.2, 0.25) is 5.02 Å². The van der Waals surface area contributed by atoms with Gasteiger partial charge in [0.1, 0.15) is 5.69 Å². The Balaban J connectivity index is 1.26. The predicted molar refractivity (Wildman–Crippen MR) is 135 cm³/mol. The fourth-order valence-electron chi connectivity index (χ4n) is 4.64. The van der Waals surface area contributed by atoms with Crippen LogP contribution in [-0.2, 0) is 0 Å². The Morgan fingerprint density at radius 1 is 0.914 bits per heavy atom. The van der Waals surface area contributed by atoms with Gasteiger partial charge in [-0.3, -0.25) is 9.59 Å². The van der Waals surface area contributed by atoms with Gasteiger partial charge in [-0.15, -0.1) is 0 Å². The van der Waals surface area contributed by atoms with E-state index in [9.17, 15) is 14.8 Å². The molecule has 7 nitrogen and oxygen atoms in total. The number of aromatic nitrogens is 2. The maximum atomic E-state index is 13.0. The number of H-pyrrole nitrogens is 1. The van der Waals surface area contributed by atoms with Crippen LogP contribution in [0.4, 0.5) is 0 Å². The molecule has 5 rings (SSSR count). The minimum atomic E-state index is -0.207. The lowest BCUT2D eigenvalue weighted by Crippen LogP contribution is -2.53. The molecular weight excluding hydrogens is 464 g/mol. The van der Waals surface area contributed by atoms with Crippen LogP contribution in [0, 0.1) is 5.21 Å². The second kappa shape index (κ2) is 9.80. The highest BCUT2D eigenvalue weighted by molar-refractivity contribution is 6.31. The van der Waals surface area contributed by atoms with E-state index in [4.69, 9.17) is 11.6 Å². The summed E-state index contributed by atoms with van der Waals surface area (Å²) < 4.78 is 0.798. The number of halogens is 1. The first-order valence-electron chi connectivity index (χ1n) is 11.7. The van der Waals surface area contributed by atoms with Gasteiger partial charge >= 0.3 is 0 Å². The molecule has 0 spiro atoms. The van der Waals surface area contributed by atoms with Crippen molar-refractivity contribution in [2.45, 2.75) is 37.8 Å². The summed E-state index contributed by atoms with van der Waals surface area (Å²) in [6.45, 7) is 0. The summed E-state index contributed by atoms with van der Waals surface area (Å²) in [4.78, 5) is 29.1. The molecule has 3 N–H and O–H groups in total. The highest BCUT2D eigenvalue weighted by Gasteiger charge is 2.29. The smallest absolute Gasteiger partial charge is 0.268 e. The molecule has 2 aromatic carbocycles. The van der Waals surface area contributed by atoms with Gasteiger partial charge in [0.2, 0.25) is 5.69 Å². The number of aromatic amines is 1. The average Bonchev–Trinajstić information content (AvgIpc) is 3.29. The zero-order chi connectivity index (χ0) is 24.4. The van der Waals surface area contributed by atoms with E-state index in [0.29, 0.717) is 22.0 Å². The van der Waals surface area contributed by atoms with E-state index in [1.807, 2.05) is 12.1 Å². The maximum Gasteiger partial charge on any atom is 0.268 e. The summed E-state index contributed by atoms with van der Waals surface area (Å²) in [5, 5.41) is 19.7. The van der Waals surface area contributed by atoms with Crippen LogP contribution in [0.3, 0.4) is 0 Å². The highest BCUT2D eigenvalue weighted by atomic mass is 35.5. The maximum absolute atomic E-state index is 13.0. The Morgan fingerprint density at radius 3 is 2.34 bits per heavy atom. The lowest BCUT2D eigenvalue weighted by molar-refractivity contribution is -0.593. The second-order valence-electron chi connectivity index (χ2n) is 8.85. The fourth-order valence-corrected chi connectivity index (χ4v) is 4.82. The van der Waals surface area contributed by atoms with Crippen LogP contribution in [-0.4, -0.2) is 28.9 Å². The molecule has 4 aromatic rings. The molecule has 1 aliphatic rings. The summed E-state index contributed by atoms with van der Waals surface area (Å²) >= 11 is 6.06. The van der Waals surface area contributed by atoms with E-state index in [0.717, 1.165) is 46.9 Å². The van der Waals surface area contributed by atoms with Crippen LogP contribution >= 0.6 is 11.6 Å². The number of amides is 2. The van der Waals surface area contributed by atoms with E-state index >= 15 is 0 Å². The molecule has 35 heavy (non-hydrogen) atoms. The van der Waals surface area contributed by atoms with E-state index in [1.54, 1.807) is 54.6 Å². The van der Waals surface area contributed by atoms with Crippen molar-refractivity contribution in [3.8, 4) is 11.3 Å². The third-order valence-electron chi connectivity index (χ3n) is 6.49. The molecule has 0 bridgehead atoms. The van der Waals surface area contributed by atoms with Gasteiger partial charge in [0, 0.05) is 51.3 Å². The van der Waals surface area contributed by atoms with Crippen molar-refractivity contribution >= 4 is 34.3 Å². The van der Waals surface area contributed by atoms with Gasteiger partial charge in [-0.1, -0.05) is 24.4 Å². The number of carbonyl (C=O) groups is 2. The van der Waals surface area contributed by atoms with Crippen LogP contribution in [0.15, 0.2) is 72.9 Å². The van der Waals surface area contributed by atoms with Crippen LogP contribution in [0.5, 0.6) is 0 Å². The van der Waals surface area contributed by atoms with Gasteiger partial charge in [0.25, 0.3) is 11.8 Å². The minimum Gasteiger partial charge on any atom is -0.618 e. The number of fused-ring (bicyclic) bond motifs is 1. The Bertz CT molecular complexity index is 1380. The molecule has 0 radical (unpaired) electrons. The van der Waals surface area contributed by atoms with Crippen LogP contribution < -0.4 is 15.4 Å². The Morgan fingerprint density at radius 2 is 1.63 bits per heavy atom. The predicted octanol–water partition coefficient (Wildman–Crippen LogP) is 4.59. The Hall–Kier alpha value is -3.84. The molecule has 2 heterocycles. The van der Waals surface area contributed by atoms with Gasteiger partial charge in [0.15, 0.2) is 6.20 Å². The van der Waals surface area contributed by atoms with Crippen molar-refractivity contribution < 1.29 is 14.3 Å². The van der Waals surface area contributed by atoms with Crippen molar-refractivity contribution in [2.75, 3.05) is 0 Å². The zero-order valence-electron chi connectivity index (χ0n) is 19.0. The summed E-state index contributed by atoms with van der Waals surface area (Å²) in [7, 11) is 0. The first-order valence-corrected chi connectivity index (χ1v) is 12.0. The Kier molecular flexibility index (Phi) is 6.42. The number of nitrogens with one attached hydrogen (secondary N) is 3. The monoisotopic (exact) mass is 488 g/mol. The number of hydrogen-bond donors (Lipinski definition) is 3. The number of carbonyl (C=O) groups excluding carboxylic acids is 2. The van der Waals surface area contributed by atoms with Gasteiger partial charge in [-0.2, -0.15) is 4.73 Å². The van der Waals surface area contributed by atoms with E-state index < -0.39 is 0 Å².